The summed E-state index contributed by atoms with van der Waals surface area (Å²) in [6.07, 6.45) is 5.60. The number of aliphatic hydroxyl groups excluding tert-OH is 1. The van der Waals surface area contributed by atoms with Gasteiger partial charge in [0.2, 0.25) is 0 Å². The topological polar surface area (TPSA) is 58.6 Å². The smallest absolute Gasteiger partial charge is 0.408 e. The maximum absolute atomic E-state index is 11.6. The Morgan fingerprint density at radius 1 is 1.44 bits per heavy atom. The van der Waals surface area contributed by atoms with E-state index in [1.54, 1.807) is 52.0 Å². The molecule has 0 aromatic rings. The molecule has 0 spiro atoms. The van der Waals surface area contributed by atoms with Crippen molar-refractivity contribution >= 4 is 6.09 Å². The summed E-state index contributed by atoms with van der Waals surface area (Å²) >= 11 is 0. The van der Waals surface area contributed by atoms with E-state index in [-0.39, 0.29) is 0 Å². The minimum Gasteiger partial charge on any atom is -0.444 e. The zero-order valence-corrected chi connectivity index (χ0v) is 10.2. The monoisotopic (exact) mass is 225 g/mol. The van der Waals surface area contributed by atoms with Gasteiger partial charge in [-0.05, 0) is 27.7 Å². The molecule has 0 heterocycles. The van der Waals surface area contributed by atoms with Crippen LogP contribution in [-0.2, 0) is 4.74 Å². The van der Waals surface area contributed by atoms with E-state index in [0.717, 1.165) is 0 Å². The van der Waals surface area contributed by atoms with Gasteiger partial charge in [0.15, 0.2) is 0 Å². The molecule has 2 N–H and O–H groups in total. The molecule has 0 aliphatic heterocycles. The number of hydrogen-bond donors (Lipinski definition) is 2. The van der Waals surface area contributed by atoms with Gasteiger partial charge in [0.05, 0.1) is 11.6 Å². The maximum Gasteiger partial charge on any atom is 0.408 e. The molecule has 1 rings (SSSR count). The van der Waals surface area contributed by atoms with Gasteiger partial charge in [0, 0.05) is 0 Å². The van der Waals surface area contributed by atoms with Gasteiger partial charge in [-0.25, -0.2) is 4.79 Å². The number of aliphatic hydroxyl groups is 1. The largest absolute Gasteiger partial charge is 0.444 e. The Balaban J connectivity index is 2.63. The van der Waals surface area contributed by atoms with Crippen molar-refractivity contribution in [1.82, 2.24) is 5.32 Å². The number of rotatable bonds is 1. The zero-order valence-electron chi connectivity index (χ0n) is 10.2. The summed E-state index contributed by atoms with van der Waals surface area (Å²) in [5.74, 6) is 0. The third-order valence-electron chi connectivity index (χ3n) is 2.23. The predicted octanol–water partition coefficient (Wildman–Crippen LogP) is 1.76. The van der Waals surface area contributed by atoms with E-state index in [2.05, 4.69) is 5.32 Å². The highest BCUT2D eigenvalue weighted by Crippen LogP contribution is 2.18. The van der Waals surface area contributed by atoms with Crippen molar-refractivity contribution in [2.24, 2.45) is 0 Å². The summed E-state index contributed by atoms with van der Waals surface area (Å²) in [5, 5.41) is 12.4. The van der Waals surface area contributed by atoms with Gasteiger partial charge in [-0.15, -0.1) is 0 Å². The van der Waals surface area contributed by atoms with Gasteiger partial charge in [-0.1, -0.05) is 24.3 Å². The molecule has 0 aromatic carbocycles. The molecule has 2 unspecified atom stereocenters. The van der Waals surface area contributed by atoms with E-state index in [9.17, 15) is 9.90 Å². The number of nitrogens with one attached hydrogen (secondary N) is 1. The Morgan fingerprint density at radius 3 is 2.56 bits per heavy atom. The fraction of sp³-hybridized carbons (Fsp3) is 0.583. The molecule has 1 aliphatic rings. The lowest BCUT2D eigenvalue weighted by atomic mass is 9.91. The third-order valence-corrected chi connectivity index (χ3v) is 2.23. The highest BCUT2D eigenvalue weighted by atomic mass is 16.6. The number of carbonyl (C=O) groups is 1. The Hall–Kier alpha value is -1.29. The van der Waals surface area contributed by atoms with Gasteiger partial charge in [0.1, 0.15) is 5.60 Å². The average molecular weight is 225 g/mol. The van der Waals surface area contributed by atoms with E-state index in [0.29, 0.717) is 0 Å². The van der Waals surface area contributed by atoms with Crippen molar-refractivity contribution in [2.45, 2.75) is 44.9 Å². The van der Waals surface area contributed by atoms with Crippen LogP contribution < -0.4 is 5.32 Å². The van der Waals surface area contributed by atoms with Crippen LogP contribution in [0.25, 0.3) is 0 Å². The third kappa shape index (κ3) is 3.38. The fourth-order valence-electron chi connectivity index (χ4n) is 1.36. The van der Waals surface area contributed by atoms with Crippen LogP contribution in [-0.4, -0.2) is 28.4 Å². The second-order valence-electron chi connectivity index (χ2n) is 5.10. The van der Waals surface area contributed by atoms with E-state index >= 15 is 0 Å². The van der Waals surface area contributed by atoms with Crippen molar-refractivity contribution < 1.29 is 14.6 Å². The van der Waals surface area contributed by atoms with Crippen molar-refractivity contribution in [3.63, 3.8) is 0 Å². The summed E-state index contributed by atoms with van der Waals surface area (Å²) in [6.45, 7) is 7.12. The summed E-state index contributed by atoms with van der Waals surface area (Å²) in [7, 11) is 0. The Morgan fingerprint density at radius 2 is 2.06 bits per heavy atom. The molecule has 0 bridgehead atoms. The van der Waals surface area contributed by atoms with Crippen LogP contribution in [0.2, 0.25) is 0 Å². The number of ether oxygens (including phenoxy) is 1. The minimum atomic E-state index is -0.808. The van der Waals surface area contributed by atoms with Crippen LogP contribution >= 0.6 is 0 Å². The molecule has 4 heteroatoms. The second kappa shape index (κ2) is 4.29. The van der Waals surface area contributed by atoms with Crippen LogP contribution in [0.15, 0.2) is 24.3 Å². The van der Waals surface area contributed by atoms with Gasteiger partial charge in [-0.2, -0.15) is 0 Å². The predicted molar refractivity (Wildman–Crippen MR) is 62.1 cm³/mol. The first kappa shape index (κ1) is 12.8. The number of carbonyl (C=O) groups excluding carboxylic acids is 1. The SMILES string of the molecule is CC(C)(C)OC(=O)NC1(C)C=CC=CC1O. The van der Waals surface area contributed by atoms with Crippen LogP contribution in [0.4, 0.5) is 4.79 Å². The van der Waals surface area contributed by atoms with Gasteiger partial charge in [0.25, 0.3) is 0 Å². The number of alkyl carbamates (subject to hydrolysis) is 1. The molecular weight excluding hydrogens is 206 g/mol. The first-order valence-corrected chi connectivity index (χ1v) is 5.28. The van der Waals surface area contributed by atoms with Gasteiger partial charge < -0.3 is 15.2 Å². The molecular formula is C12H19NO3. The zero-order chi connectivity index (χ0) is 12.4. The van der Waals surface area contributed by atoms with E-state index in [1.165, 1.54) is 0 Å². The van der Waals surface area contributed by atoms with Crippen LogP contribution in [0.1, 0.15) is 27.7 Å². The molecule has 90 valence electrons. The summed E-state index contributed by atoms with van der Waals surface area (Å²) < 4.78 is 5.13. The normalized spacial score (nSPS) is 28.9. The molecule has 2 atom stereocenters. The molecule has 1 amide bonds. The standard InChI is InChI=1S/C12H19NO3/c1-11(2,3)16-10(15)13-12(4)8-6-5-7-9(12)14/h5-9,14H,1-4H3,(H,13,15). The Labute approximate surface area is 96.0 Å². The lowest BCUT2D eigenvalue weighted by Gasteiger charge is -2.33. The quantitative estimate of drug-likeness (QED) is 0.715. The highest BCUT2D eigenvalue weighted by molar-refractivity contribution is 5.69. The summed E-state index contributed by atoms with van der Waals surface area (Å²) in [5.41, 5.74) is -1.35. The molecule has 0 radical (unpaired) electrons. The van der Waals surface area contributed by atoms with Gasteiger partial charge in [-0.3, -0.25) is 0 Å². The summed E-state index contributed by atoms with van der Waals surface area (Å²) in [6, 6.07) is 0. The van der Waals surface area contributed by atoms with E-state index in [4.69, 9.17) is 4.74 Å². The van der Waals surface area contributed by atoms with Crippen LogP contribution in [0.5, 0.6) is 0 Å². The minimum absolute atomic E-state index is 0.533. The van der Waals surface area contributed by atoms with Crippen molar-refractivity contribution in [1.29, 1.82) is 0 Å². The highest BCUT2D eigenvalue weighted by Gasteiger charge is 2.33. The number of hydrogen-bond acceptors (Lipinski definition) is 3. The molecule has 0 saturated heterocycles. The van der Waals surface area contributed by atoms with Gasteiger partial charge >= 0.3 is 6.09 Å². The lowest BCUT2D eigenvalue weighted by Crippen LogP contribution is -2.54. The number of allylic oxidation sites excluding steroid dienone is 2. The van der Waals surface area contributed by atoms with Crippen molar-refractivity contribution in [2.75, 3.05) is 0 Å². The van der Waals surface area contributed by atoms with Crippen molar-refractivity contribution in [3.05, 3.63) is 24.3 Å². The number of amides is 1. The Kier molecular flexibility index (Phi) is 3.43. The van der Waals surface area contributed by atoms with E-state index in [1.807, 2.05) is 0 Å². The first-order chi connectivity index (χ1) is 7.23. The summed E-state index contributed by atoms with van der Waals surface area (Å²) in [4.78, 5) is 11.6. The molecule has 0 saturated carbocycles. The van der Waals surface area contributed by atoms with Crippen LogP contribution in [0.3, 0.4) is 0 Å². The maximum atomic E-state index is 11.6. The van der Waals surface area contributed by atoms with Crippen molar-refractivity contribution in [3.8, 4) is 0 Å². The molecule has 4 nitrogen and oxygen atoms in total. The molecule has 0 fully saturated rings. The second-order valence-corrected chi connectivity index (χ2v) is 5.10. The van der Waals surface area contributed by atoms with E-state index < -0.39 is 23.3 Å². The van der Waals surface area contributed by atoms with Crippen LogP contribution in [0, 0.1) is 0 Å². The Bertz CT molecular complexity index is 328. The molecule has 1 aliphatic carbocycles. The lowest BCUT2D eigenvalue weighted by molar-refractivity contribution is 0.0403. The first-order valence-electron chi connectivity index (χ1n) is 5.28. The molecule has 0 aromatic heterocycles. The fourth-order valence-corrected chi connectivity index (χ4v) is 1.36. The molecule has 16 heavy (non-hydrogen) atoms. The average Bonchev–Trinajstić information content (AvgIpc) is 2.06.